The maximum atomic E-state index is 10.8. The normalized spacial score (nSPS) is 12.3. The second-order valence-corrected chi connectivity index (χ2v) is 4.29. The van der Waals surface area contributed by atoms with Crippen molar-refractivity contribution in [2.24, 2.45) is 5.92 Å². The van der Waals surface area contributed by atoms with Gasteiger partial charge in [-0.1, -0.05) is 0 Å². The molecule has 74 valence electrons. The van der Waals surface area contributed by atoms with Crippen molar-refractivity contribution in [2.75, 3.05) is 25.6 Å². The summed E-state index contributed by atoms with van der Waals surface area (Å²) in [5, 5.41) is 17.1. The zero-order valence-corrected chi connectivity index (χ0v) is 7.75. The second kappa shape index (κ2) is 5.47. The van der Waals surface area contributed by atoms with Crippen LogP contribution in [0, 0.1) is 5.92 Å². The summed E-state index contributed by atoms with van der Waals surface area (Å²) in [6.07, 6.45) is 0. The van der Waals surface area contributed by atoms with Crippen molar-refractivity contribution in [2.45, 2.75) is 6.92 Å². The molecule has 0 aliphatic heterocycles. The van der Waals surface area contributed by atoms with Crippen LogP contribution in [0.25, 0.3) is 0 Å². The molecule has 0 aliphatic carbocycles. The molecule has 0 saturated heterocycles. The average molecular weight is 198 g/mol. The van der Waals surface area contributed by atoms with Crippen LogP contribution in [0.5, 0.6) is 0 Å². The third-order valence-corrected chi connectivity index (χ3v) is 2.56. The van der Waals surface area contributed by atoms with Gasteiger partial charge in [-0.25, -0.2) is 0 Å². The Morgan fingerprint density at radius 3 is 2.17 bits per heavy atom. The topological polar surface area (TPSA) is 83.8 Å². The molecule has 0 atom stereocenters. The molecule has 0 bridgehead atoms. The highest BCUT2D eigenvalue weighted by molar-refractivity contribution is 7.86. The standard InChI is InChI=1S/C6H14O5S/c1-2-12(9,10)11-5-6(3-7)4-8/h6-8H,2-5H2,1H3. The van der Waals surface area contributed by atoms with Crippen LogP contribution in [-0.2, 0) is 14.3 Å². The van der Waals surface area contributed by atoms with E-state index in [1.165, 1.54) is 6.92 Å². The number of rotatable bonds is 6. The smallest absolute Gasteiger partial charge is 0.267 e. The molecule has 0 saturated carbocycles. The van der Waals surface area contributed by atoms with Gasteiger partial charge in [0.1, 0.15) is 0 Å². The first-order valence-corrected chi connectivity index (χ1v) is 5.22. The lowest BCUT2D eigenvalue weighted by atomic mass is 10.2. The molecule has 0 aromatic heterocycles. The Hall–Kier alpha value is -0.170. The van der Waals surface area contributed by atoms with Crippen molar-refractivity contribution in [1.82, 2.24) is 0 Å². The molecular formula is C6H14O5S. The van der Waals surface area contributed by atoms with Gasteiger partial charge in [-0.2, -0.15) is 8.42 Å². The molecule has 0 rings (SSSR count). The molecule has 0 aliphatic rings. The lowest BCUT2D eigenvalue weighted by Gasteiger charge is -2.09. The molecule has 0 spiro atoms. The van der Waals surface area contributed by atoms with E-state index in [9.17, 15) is 8.42 Å². The molecule has 0 heterocycles. The van der Waals surface area contributed by atoms with Crippen LogP contribution < -0.4 is 0 Å². The predicted molar refractivity (Wildman–Crippen MR) is 43.1 cm³/mol. The zero-order valence-electron chi connectivity index (χ0n) is 6.93. The summed E-state index contributed by atoms with van der Waals surface area (Å²) in [6.45, 7) is 0.733. The summed E-state index contributed by atoms with van der Waals surface area (Å²) in [5.74, 6) is -0.623. The Bertz CT molecular complexity index is 194. The maximum absolute atomic E-state index is 10.8. The summed E-state index contributed by atoms with van der Waals surface area (Å²) in [6, 6.07) is 0. The van der Waals surface area contributed by atoms with E-state index in [-0.39, 0.29) is 25.6 Å². The van der Waals surface area contributed by atoms with E-state index in [1.807, 2.05) is 0 Å². The van der Waals surface area contributed by atoms with Crippen molar-refractivity contribution in [3.63, 3.8) is 0 Å². The maximum Gasteiger partial charge on any atom is 0.267 e. The number of hydrogen-bond donors (Lipinski definition) is 2. The van der Waals surface area contributed by atoms with Gasteiger partial charge in [-0.15, -0.1) is 0 Å². The van der Waals surface area contributed by atoms with Crippen molar-refractivity contribution >= 4 is 10.1 Å². The summed E-state index contributed by atoms with van der Waals surface area (Å²) in [5.41, 5.74) is 0. The minimum Gasteiger partial charge on any atom is -0.396 e. The lowest BCUT2D eigenvalue weighted by molar-refractivity contribution is 0.109. The monoisotopic (exact) mass is 198 g/mol. The fourth-order valence-electron chi connectivity index (χ4n) is 0.446. The van der Waals surface area contributed by atoms with Crippen LogP contribution in [0.3, 0.4) is 0 Å². The van der Waals surface area contributed by atoms with Gasteiger partial charge in [0.2, 0.25) is 0 Å². The molecule has 2 N–H and O–H groups in total. The van der Waals surface area contributed by atoms with Crippen LogP contribution in [0.1, 0.15) is 6.92 Å². The summed E-state index contributed by atoms with van der Waals surface area (Å²) in [4.78, 5) is 0. The Morgan fingerprint density at radius 2 is 1.83 bits per heavy atom. The minimum absolute atomic E-state index is 0.101. The Balaban J connectivity index is 3.81. The van der Waals surface area contributed by atoms with E-state index in [1.54, 1.807) is 0 Å². The summed E-state index contributed by atoms with van der Waals surface area (Å²) < 4.78 is 26.0. The molecule has 0 aromatic rings. The van der Waals surface area contributed by atoms with Gasteiger partial charge in [-0.3, -0.25) is 4.18 Å². The average Bonchev–Trinajstić information content (AvgIpc) is 2.06. The molecule has 6 heteroatoms. The fourth-order valence-corrected chi connectivity index (χ4v) is 1.01. The quantitative estimate of drug-likeness (QED) is 0.532. The summed E-state index contributed by atoms with van der Waals surface area (Å²) >= 11 is 0. The van der Waals surface area contributed by atoms with Crippen LogP contribution in [0.2, 0.25) is 0 Å². The molecule has 0 aromatic carbocycles. The van der Waals surface area contributed by atoms with Gasteiger partial charge in [0.25, 0.3) is 10.1 Å². The molecule has 5 nitrogen and oxygen atoms in total. The third-order valence-electron chi connectivity index (χ3n) is 1.35. The Morgan fingerprint density at radius 1 is 1.33 bits per heavy atom. The van der Waals surface area contributed by atoms with Gasteiger partial charge >= 0.3 is 0 Å². The lowest BCUT2D eigenvalue weighted by Crippen LogP contribution is -2.21. The Kier molecular flexibility index (Phi) is 5.39. The molecule has 0 radical (unpaired) electrons. The van der Waals surface area contributed by atoms with E-state index >= 15 is 0 Å². The summed E-state index contributed by atoms with van der Waals surface area (Å²) in [7, 11) is -3.46. The second-order valence-electron chi connectivity index (χ2n) is 2.36. The van der Waals surface area contributed by atoms with Crippen LogP contribution >= 0.6 is 0 Å². The number of aliphatic hydroxyl groups is 2. The number of hydrogen-bond acceptors (Lipinski definition) is 5. The fraction of sp³-hybridized carbons (Fsp3) is 1.00. The van der Waals surface area contributed by atoms with Crippen molar-refractivity contribution in [3.05, 3.63) is 0 Å². The van der Waals surface area contributed by atoms with Crippen LogP contribution in [-0.4, -0.2) is 44.2 Å². The first-order valence-electron chi connectivity index (χ1n) is 3.64. The predicted octanol–water partition coefficient (Wildman–Crippen LogP) is -1.05. The van der Waals surface area contributed by atoms with Gasteiger partial charge in [-0.05, 0) is 6.92 Å². The van der Waals surface area contributed by atoms with E-state index in [0.29, 0.717) is 0 Å². The van der Waals surface area contributed by atoms with Crippen molar-refractivity contribution in [1.29, 1.82) is 0 Å². The van der Waals surface area contributed by atoms with Gasteiger partial charge < -0.3 is 10.2 Å². The highest BCUT2D eigenvalue weighted by Gasteiger charge is 2.12. The van der Waals surface area contributed by atoms with Crippen LogP contribution in [0.4, 0.5) is 0 Å². The van der Waals surface area contributed by atoms with Gasteiger partial charge in [0.15, 0.2) is 0 Å². The number of aliphatic hydroxyl groups excluding tert-OH is 2. The van der Waals surface area contributed by atoms with Crippen LogP contribution in [0.15, 0.2) is 0 Å². The van der Waals surface area contributed by atoms with E-state index in [0.717, 1.165) is 0 Å². The SMILES string of the molecule is CCS(=O)(=O)OCC(CO)CO. The van der Waals surface area contributed by atoms with E-state index in [2.05, 4.69) is 4.18 Å². The largest absolute Gasteiger partial charge is 0.396 e. The van der Waals surface area contributed by atoms with Gasteiger partial charge in [0, 0.05) is 5.92 Å². The van der Waals surface area contributed by atoms with Gasteiger partial charge in [0.05, 0.1) is 25.6 Å². The minimum atomic E-state index is -3.46. The molecule has 0 unspecified atom stereocenters. The third kappa shape index (κ3) is 4.66. The first-order chi connectivity index (χ1) is 5.55. The molecule has 12 heavy (non-hydrogen) atoms. The Labute approximate surface area is 72.1 Å². The zero-order chi connectivity index (χ0) is 9.61. The first kappa shape index (κ1) is 11.8. The van der Waals surface area contributed by atoms with Crippen molar-refractivity contribution in [3.8, 4) is 0 Å². The highest BCUT2D eigenvalue weighted by Crippen LogP contribution is 1.99. The molecule has 0 amide bonds. The molecular weight excluding hydrogens is 184 g/mol. The van der Waals surface area contributed by atoms with Crippen molar-refractivity contribution < 1.29 is 22.8 Å². The van der Waals surface area contributed by atoms with E-state index < -0.39 is 16.0 Å². The molecule has 0 fully saturated rings. The van der Waals surface area contributed by atoms with E-state index in [4.69, 9.17) is 10.2 Å². The highest BCUT2D eigenvalue weighted by atomic mass is 32.2.